The van der Waals surface area contributed by atoms with Crippen molar-refractivity contribution in [2.45, 2.75) is 27.2 Å². The van der Waals surface area contributed by atoms with Crippen molar-refractivity contribution in [3.63, 3.8) is 0 Å². The van der Waals surface area contributed by atoms with Gasteiger partial charge < -0.3 is 14.6 Å². The molecule has 0 unspecified atom stereocenters. The summed E-state index contributed by atoms with van der Waals surface area (Å²) >= 11 is 0. The topological polar surface area (TPSA) is 38.7 Å². The molecule has 3 nitrogen and oxygen atoms in total. The van der Waals surface area contributed by atoms with Crippen LogP contribution in [0.5, 0.6) is 17.2 Å². The second-order valence-electron chi connectivity index (χ2n) is 5.09. The Morgan fingerprint density at radius 2 is 1.50 bits per heavy atom. The first kappa shape index (κ1) is 12.7. The van der Waals surface area contributed by atoms with E-state index in [1.807, 2.05) is 12.1 Å². The van der Waals surface area contributed by atoms with E-state index in [1.54, 1.807) is 0 Å². The average Bonchev–Trinajstić information content (AvgIpc) is 2.18. The minimum atomic E-state index is 0.0580. The van der Waals surface area contributed by atoms with E-state index in [9.17, 15) is 5.11 Å². The zero-order valence-electron chi connectivity index (χ0n) is 10.6. The summed E-state index contributed by atoms with van der Waals surface area (Å²) in [7, 11) is 3.07. The Morgan fingerprint density at radius 1 is 1.06 bits per heavy atom. The van der Waals surface area contributed by atoms with Gasteiger partial charge in [-0.05, 0) is 29.5 Å². The zero-order valence-corrected chi connectivity index (χ0v) is 10.6. The summed E-state index contributed by atoms with van der Waals surface area (Å²) in [5.41, 5.74) is 1.28. The summed E-state index contributed by atoms with van der Waals surface area (Å²) in [5, 5.41) is 9.76. The Labute approximate surface area is 97.0 Å². The van der Waals surface area contributed by atoms with Crippen LogP contribution in [0.2, 0.25) is 0 Å². The molecule has 0 fully saturated rings. The molecule has 0 saturated heterocycles. The largest absolute Gasteiger partial charge is 0.502 e. The summed E-state index contributed by atoms with van der Waals surface area (Å²) in [6.45, 7) is 6.50. The minimum Gasteiger partial charge on any atom is -0.502 e. The lowest BCUT2D eigenvalue weighted by Gasteiger charge is -2.19. The highest BCUT2D eigenvalue weighted by Gasteiger charge is 2.16. The quantitative estimate of drug-likeness (QED) is 0.857. The second kappa shape index (κ2) is 4.64. The Hall–Kier alpha value is -1.38. The first-order valence-corrected chi connectivity index (χ1v) is 5.31. The molecular weight excluding hydrogens is 204 g/mol. The predicted octanol–water partition coefficient (Wildman–Crippen LogP) is 3.00. The lowest BCUT2D eigenvalue weighted by Crippen LogP contribution is -2.09. The van der Waals surface area contributed by atoms with Gasteiger partial charge in [-0.2, -0.15) is 0 Å². The van der Waals surface area contributed by atoms with Crippen molar-refractivity contribution in [2.24, 2.45) is 5.41 Å². The number of methoxy groups -OCH3 is 2. The molecule has 1 aromatic carbocycles. The summed E-state index contributed by atoms with van der Waals surface area (Å²) in [6, 6.07) is 3.70. The number of hydrogen-bond acceptors (Lipinski definition) is 3. The first-order chi connectivity index (χ1) is 7.37. The summed E-state index contributed by atoms with van der Waals surface area (Å²) in [4.78, 5) is 0. The predicted molar refractivity (Wildman–Crippen MR) is 64.4 cm³/mol. The molecule has 0 heterocycles. The van der Waals surface area contributed by atoms with Crippen LogP contribution in [0.4, 0.5) is 0 Å². The van der Waals surface area contributed by atoms with E-state index in [2.05, 4.69) is 20.8 Å². The number of aromatic hydroxyl groups is 1. The van der Waals surface area contributed by atoms with Crippen molar-refractivity contribution in [3.05, 3.63) is 17.7 Å². The van der Waals surface area contributed by atoms with Crippen LogP contribution in [0.3, 0.4) is 0 Å². The molecule has 1 rings (SSSR count). The third-order valence-electron chi connectivity index (χ3n) is 2.27. The lowest BCUT2D eigenvalue weighted by atomic mass is 9.88. The molecule has 0 aliphatic heterocycles. The van der Waals surface area contributed by atoms with Gasteiger partial charge >= 0.3 is 0 Å². The third-order valence-corrected chi connectivity index (χ3v) is 2.27. The van der Waals surface area contributed by atoms with E-state index in [1.165, 1.54) is 14.2 Å². The minimum absolute atomic E-state index is 0.0580. The van der Waals surface area contributed by atoms with Gasteiger partial charge in [-0.15, -0.1) is 0 Å². The Balaban J connectivity index is 3.12. The maximum atomic E-state index is 9.76. The van der Waals surface area contributed by atoms with Gasteiger partial charge in [0.2, 0.25) is 5.75 Å². The molecular formula is C13H20O3. The van der Waals surface area contributed by atoms with Crippen molar-refractivity contribution >= 4 is 0 Å². The molecule has 0 aromatic heterocycles. The summed E-state index contributed by atoms with van der Waals surface area (Å²) < 4.78 is 10.2. The number of phenols is 1. The summed E-state index contributed by atoms with van der Waals surface area (Å²) in [6.07, 6.45) is 0.903. The molecule has 16 heavy (non-hydrogen) atoms. The molecule has 0 aliphatic rings. The normalized spacial score (nSPS) is 11.3. The van der Waals surface area contributed by atoms with Gasteiger partial charge in [-0.25, -0.2) is 0 Å². The molecule has 1 aromatic rings. The highest BCUT2D eigenvalue weighted by molar-refractivity contribution is 5.52. The van der Waals surface area contributed by atoms with Crippen LogP contribution in [0.15, 0.2) is 12.1 Å². The fraction of sp³-hybridized carbons (Fsp3) is 0.538. The highest BCUT2D eigenvalue weighted by atomic mass is 16.5. The Morgan fingerprint density at radius 3 is 1.81 bits per heavy atom. The van der Waals surface area contributed by atoms with Crippen LogP contribution in [0.1, 0.15) is 26.3 Å². The van der Waals surface area contributed by atoms with Crippen LogP contribution in [0.25, 0.3) is 0 Å². The number of rotatable bonds is 3. The van der Waals surface area contributed by atoms with Gasteiger partial charge in [0, 0.05) is 0 Å². The average molecular weight is 224 g/mol. The van der Waals surface area contributed by atoms with Gasteiger partial charge in [0.15, 0.2) is 11.5 Å². The van der Waals surface area contributed by atoms with Gasteiger partial charge in [0.25, 0.3) is 0 Å². The maximum absolute atomic E-state index is 9.76. The Bertz CT molecular complexity index is 339. The summed E-state index contributed by atoms with van der Waals surface area (Å²) in [5.74, 6) is 0.972. The molecule has 0 saturated carbocycles. The molecule has 0 atom stereocenters. The molecule has 3 heteroatoms. The van der Waals surface area contributed by atoms with Crippen molar-refractivity contribution < 1.29 is 14.6 Å². The van der Waals surface area contributed by atoms with Crippen LogP contribution in [0, 0.1) is 5.41 Å². The SMILES string of the molecule is COc1cc(CC(C)(C)C)cc(OC)c1O. The number of benzene rings is 1. The standard InChI is InChI=1S/C13H20O3/c1-13(2,3)8-9-6-10(15-4)12(14)11(7-9)16-5/h6-7,14H,8H2,1-5H3. The number of ether oxygens (including phenoxy) is 2. The van der Waals surface area contributed by atoms with Crippen molar-refractivity contribution in [1.29, 1.82) is 0 Å². The monoisotopic (exact) mass is 224 g/mol. The van der Waals surface area contributed by atoms with Crippen molar-refractivity contribution in [1.82, 2.24) is 0 Å². The maximum Gasteiger partial charge on any atom is 0.200 e. The molecule has 0 amide bonds. The van der Waals surface area contributed by atoms with E-state index in [0.29, 0.717) is 11.5 Å². The molecule has 0 bridgehead atoms. The first-order valence-electron chi connectivity index (χ1n) is 5.31. The van der Waals surface area contributed by atoms with Gasteiger partial charge in [-0.1, -0.05) is 20.8 Å². The molecule has 0 aliphatic carbocycles. The lowest BCUT2D eigenvalue weighted by molar-refractivity contribution is 0.337. The smallest absolute Gasteiger partial charge is 0.200 e. The van der Waals surface area contributed by atoms with E-state index in [0.717, 1.165) is 12.0 Å². The molecule has 90 valence electrons. The number of hydrogen-bond donors (Lipinski definition) is 1. The van der Waals surface area contributed by atoms with Crippen LogP contribution >= 0.6 is 0 Å². The Kier molecular flexibility index (Phi) is 3.68. The van der Waals surface area contributed by atoms with Crippen LogP contribution in [-0.2, 0) is 6.42 Å². The van der Waals surface area contributed by atoms with E-state index in [-0.39, 0.29) is 11.2 Å². The molecule has 0 radical (unpaired) electrons. The van der Waals surface area contributed by atoms with E-state index < -0.39 is 0 Å². The van der Waals surface area contributed by atoms with Crippen LogP contribution < -0.4 is 9.47 Å². The number of phenolic OH excluding ortho intramolecular Hbond substituents is 1. The molecule has 1 N–H and O–H groups in total. The van der Waals surface area contributed by atoms with E-state index in [4.69, 9.17) is 9.47 Å². The third kappa shape index (κ3) is 3.05. The zero-order chi connectivity index (χ0) is 12.3. The molecule has 0 spiro atoms. The van der Waals surface area contributed by atoms with Crippen molar-refractivity contribution in [2.75, 3.05) is 14.2 Å². The van der Waals surface area contributed by atoms with Gasteiger partial charge in [0.05, 0.1) is 14.2 Å². The van der Waals surface area contributed by atoms with E-state index >= 15 is 0 Å². The fourth-order valence-corrected chi connectivity index (χ4v) is 1.66. The fourth-order valence-electron chi connectivity index (χ4n) is 1.66. The van der Waals surface area contributed by atoms with Gasteiger partial charge in [-0.3, -0.25) is 0 Å². The highest BCUT2D eigenvalue weighted by Crippen LogP contribution is 2.38. The van der Waals surface area contributed by atoms with Crippen molar-refractivity contribution in [3.8, 4) is 17.2 Å². The van der Waals surface area contributed by atoms with Gasteiger partial charge in [0.1, 0.15) is 0 Å². The second-order valence-corrected chi connectivity index (χ2v) is 5.09. The van der Waals surface area contributed by atoms with Crippen LogP contribution in [-0.4, -0.2) is 19.3 Å².